The van der Waals surface area contributed by atoms with Crippen LogP contribution >= 0.6 is 11.8 Å². The molecule has 0 aromatic heterocycles. The van der Waals surface area contributed by atoms with E-state index in [-0.39, 0.29) is 6.10 Å². The highest BCUT2D eigenvalue weighted by molar-refractivity contribution is 7.99. The first-order valence-corrected chi connectivity index (χ1v) is 3.97. The monoisotopic (exact) mass is 134 g/mol. The molecule has 0 aromatic carbocycles. The number of hydrogen-bond acceptors (Lipinski definition) is 2. The highest BCUT2D eigenvalue weighted by Crippen LogP contribution is 2.09. The summed E-state index contributed by atoms with van der Waals surface area (Å²) >= 11 is 1.79. The van der Waals surface area contributed by atoms with Gasteiger partial charge in [-0.05, 0) is 12.2 Å². The van der Waals surface area contributed by atoms with Gasteiger partial charge in [0.05, 0.1) is 6.10 Å². The van der Waals surface area contributed by atoms with E-state index >= 15 is 0 Å². The molecule has 1 N–H and O–H groups in total. The maximum absolute atomic E-state index is 8.78. The van der Waals surface area contributed by atoms with Gasteiger partial charge in [-0.2, -0.15) is 11.8 Å². The zero-order valence-corrected chi connectivity index (χ0v) is 6.53. The van der Waals surface area contributed by atoms with Crippen LogP contribution in [0.1, 0.15) is 20.8 Å². The van der Waals surface area contributed by atoms with Gasteiger partial charge < -0.3 is 5.11 Å². The van der Waals surface area contributed by atoms with Crippen molar-refractivity contribution < 1.29 is 5.11 Å². The molecule has 0 aliphatic rings. The summed E-state index contributed by atoms with van der Waals surface area (Å²) in [6.45, 7) is 6.08. The largest absolute Gasteiger partial charge is 0.393 e. The number of aliphatic hydroxyl groups excluding tert-OH is 1. The molecule has 0 aromatic rings. The topological polar surface area (TPSA) is 20.2 Å². The standard InChI is InChI=1S/C6H14OS/c1-5(2)8-4-6(3)7/h5-7H,4H2,1-3H3/t6-/m1/s1. The van der Waals surface area contributed by atoms with Crippen LogP contribution in [0.4, 0.5) is 0 Å². The lowest BCUT2D eigenvalue weighted by atomic mass is 10.5. The predicted octanol–water partition coefficient (Wildman–Crippen LogP) is 1.51. The van der Waals surface area contributed by atoms with Crippen LogP contribution < -0.4 is 0 Å². The summed E-state index contributed by atoms with van der Waals surface area (Å²) < 4.78 is 0. The third-order valence-electron chi connectivity index (χ3n) is 0.671. The van der Waals surface area contributed by atoms with Crippen molar-refractivity contribution >= 4 is 11.8 Å². The Balaban J connectivity index is 2.93. The maximum atomic E-state index is 8.78. The smallest absolute Gasteiger partial charge is 0.0602 e. The van der Waals surface area contributed by atoms with Crippen molar-refractivity contribution in [1.29, 1.82) is 0 Å². The molecule has 1 nitrogen and oxygen atoms in total. The summed E-state index contributed by atoms with van der Waals surface area (Å²) in [7, 11) is 0. The molecule has 0 radical (unpaired) electrons. The maximum Gasteiger partial charge on any atom is 0.0602 e. The fraction of sp³-hybridized carbons (Fsp3) is 1.00. The summed E-state index contributed by atoms with van der Waals surface area (Å²) in [5.74, 6) is 0.859. The summed E-state index contributed by atoms with van der Waals surface area (Å²) in [5, 5.41) is 9.42. The molecular formula is C6H14OS. The van der Waals surface area contributed by atoms with Gasteiger partial charge in [0.1, 0.15) is 0 Å². The Morgan fingerprint density at radius 1 is 1.38 bits per heavy atom. The van der Waals surface area contributed by atoms with Gasteiger partial charge in [-0.1, -0.05) is 13.8 Å². The van der Waals surface area contributed by atoms with E-state index in [2.05, 4.69) is 13.8 Å². The molecule has 2 heteroatoms. The fourth-order valence-electron chi connectivity index (χ4n) is 0.332. The normalized spacial score (nSPS) is 14.6. The van der Waals surface area contributed by atoms with Gasteiger partial charge >= 0.3 is 0 Å². The highest BCUT2D eigenvalue weighted by atomic mass is 32.2. The van der Waals surface area contributed by atoms with E-state index in [0.29, 0.717) is 5.25 Å². The van der Waals surface area contributed by atoms with Crippen molar-refractivity contribution in [2.24, 2.45) is 0 Å². The Kier molecular flexibility index (Phi) is 4.38. The minimum atomic E-state index is -0.151. The Morgan fingerprint density at radius 2 is 1.88 bits per heavy atom. The van der Waals surface area contributed by atoms with Gasteiger partial charge in [0.2, 0.25) is 0 Å². The molecule has 0 amide bonds. The molecule has 0 bridgehead atoms. The molecule has 1 atom stereocenters. The summed E-state index contributed by atoms with van der Waals surface area (Å²) in [6.07, 6.45) is -0.151. The van der Waals surface area contributed by atoms with E-state index in [1.807, 2.05) is 6.92 Å². The molecule has 0 fully saturated rings. The van der Waals surface area contributed by atoms with Crippen LogP contribution in [0.15, 0.2) is 0 Å². The quantitative estimate of drug-likeness (QED) is 0.631. The van der Waals surface area contributed by atoms with Crippen LogP contribution in [0.2, 0.25) is 0 Å². The van der Waals surface area contributed by atoms with Crippen molar-refractivity contribution in [1.82, 2.24) is 0 Å². The van der Waals surface area contributed by atoms with E-state index in [0.717, 1.165) is 5.75 Å². The number of thioether (sulfide) groups is 1. The lowest BCUT2D eigenvalue weighted by molar-refractivity contribution is 0.220. The second-order valence-electron chi connectivity index (χ2n) is 2.23. The molecule has 0 saturated heterocycles. The minimum absolute atomic E-state index is 0.151. The van der Waals surface area contributed by atoms with E-state index < -0.39 is 0 Å². The Morgan fingerprint density at radius 3 is 2.00 bits per heavy atom. The first-order chi connectivity index (χ1) is 3.63. The van der Waals surface area contributed by atoms with Gasteiger partial charge in [0, 0.05) is 5.75 Å². The minimum Gasteiger partial charge on any atom is -0.393 e. The van der Waals surface area contributed by atoms with E-state index in [4.69, 9.17) is 5.11 Å². The molecule has 50 valence electrons. The zero-order chi connectivity index (χ0) is 6.57. The van der Waals surface area contributed by atoms with Gasteiger partial charge in [-0.15, -0.1) is 0 Å². The zero-order valence-electron chi connectivity index (χ0n) is 5.72. The lowest BCUT2D eigenvalue weighted by Crippen LogP contribution is -2.05. The second-order valence-corrected chi connectivity index (χ2v) is 3.84. The Labute approximate surface area is 55.5 Å². The van der Waals surface area contributed by atoms with Gasteiger partial charge in [0.15, 0.2) is 0 Å². The Hall–Kier alpha value is 0.310. The molecule has 0 aliphatic carbocycles. The number of rotatable bonds is 3. The molecule has 0 heterocycles. The molecule has 0 saturated carbocycles. The van der Waals surface area contributed by atoms with E-state index in [1.54, 1.807) is 11.8 Å². The summed E-state index contributed by atoms with van der Waals surface area (Å²) in [4.78, 5) is 0. The first-order valence-electron chi connectivity index (χ1n) is 2.92. The second kappa shape index (κ2) is 4.21. The summed E-state index contributed by atoms with van der Waals surface area (Å²) in [5.41, 5.74) is 0. The van der Waals surface area contributed by atoms with Crippen LogP contribution in [0.25, 0.3) is 0 Å². The summed E-state index contributed by atoms with van der Waals surface area (Å²) in [6, 6.07) is 0. The lowest BCUT2D eigenvalue weighted by Gasteiger charge is -2.05. The average Bonchev–Trinajstić information content (AvgIpc) is 1.61. The number of hydrogen-bond donors (Lipinski definition) is 1. The average molecular weight is 134 g/mol. The molecule has 0 spiro atoms. The van der Waals surface area contributed by atoms with Crippen LogP contribution in [0.5, 0.6) is 0 Å². The van der Waals surface area contributed by atoms with E-state index in [1.165, 1.54) is 0 Å². The van der Waals surface area contributed by atoms with Crippen LogP contribution in [-0.4, -0.2) is 22.2 Å². The van der Waals surface area contributed by atoms with Crippen LogP contribution in [-0.2, 0) is 0 Å². The molecule has 8 heavy (non-hydrogen) atoms. The van der Waals surface area contributed by atoms with Gasteiger partial charge in [0.25, 0.3) is 0 Å². The van der Waals surface area contributed by atoms with Gasteiger partial charge in [-0.25, -0.2) is 0 Å². The molecule has 0 aliphatic heterocycles. The highest BCUT2D eigenvalue weighted by Gasteiger charge is 1.97. The molecule has 0 unspecified atom stereocenters. The van der Waals surface area contributed by atoms with Crippen LogP contribution in [0, 0.1) is 0 Å². The molecule has 0 rings (SSSR count). The Bertz CT molecular complexity index is 44.5. The number of aliphatic hydroxyl groups is 1. The fourth-order valence-corrected chi connectivity index (χ4v) is 0.995. The van der Waals surface area contributed by atoms with Gasteiger partial charge in [-0.3, -0.25) is 0 Å². The van der Waals surface area contributed by atoms with Crippen molar-refractivity contribution in [3.05, 3.63) is 0 Å². The van der Waals surface area contributed by atoms with Crippen molar-refractivity contribution in [3.8, 4) is 0 Å². The third kappa shape index (κ3) is 6.31. The third-order valence-corrected chi connectivity index (χ3v) is 2.01. The molecular weight excluding hydrogens is 120 g/mol. The van der Waals surface area contributed by atoms with Crippen LogP contribution in [0.3, 0.4) is 0 Å². The van der Waals surface area contributed by atoms with Crippen molar-refractivity contribution in [3.63, 3.8) is 0 Å². The van der Waals surface area contributed by atoms with Crippen molar-refractivity contribution in [2.45, 2.75) is 32.1 Å². The SMILES string of the molecule is CC(C)SC[C@@H](C)O. The van der Waals surface area contributed by atoms with E-state index in [9.17, 15) is 0 Å². The predicted molar refractivity (Wildman–Crippen MR) is 39.3 cm³/mol. The first kappa shape index (κ1) is 8.31. The van der Waals surface area contributed by atoms with Crippen molar-refractivity contribution in [2.75, 3.05) is 5.75 Å².